The molecule has 1 saturated heterocycles. The average Bonchev–Trinajstić information content (AvgIpc) is 3.40. The predicted molar refractivity (Wildman–Crippen MR) is 152 cm³/mol. The highest BCUT2D eigenvalue weighted by molar-refractivity contribution is 6.62. The predicted octanol–water partition coefficient (Wildman–Crippen LogP) is 6.78. The van der Waals surface area contributed by atoms with E-state index in [0.717, 1.165) is 16.7 Å². The van der Waals surface area contributed by atoms with Gasteiger partial charge in [-0.05, 0) is 85.7 Å². The first-order chi connectivity index (χ1) is 17.6. The summed E-state index contributed by atoms with van der Waals surface area (Å²) in [4.78, 5) is 4.51. The topological polar surface area (TPSA) is 36.3 Å². The Morgan fingerprint density at radius 2 is 1.46 bits per heavy atom. The highest BCUT2D eigenvalue weighted by atomic mass is 16.7. The van der Waals surface area contributed by atoms with Crippen LogP contribution in [-0.4, -0.2) is 27.9 Å². The van der Waals surface area contributed by atoms with Gasteiger partial charge in [0.2, 0.25) is 0 Å². The minimum absolute atomic E-state index is 0.0434. The molecule has 0 radical (unpaired) electrons. The van der Waals surface area contributed by atoms with Crippen LogP contribution in [0, 0.1) is 0 Å². The quantitative estimate of drug-likeness (QED) is 0.258. The lowest BCUT2D eigenvalue weighted by Crippen LogP contribution is -2.41. The van der Waals surface area contributed by atoms with E-state index in [0.29, 0.717) is 0 Å². The van der Waals surface area contributed by atoms with Gasteiger partial charge in [0, 0.05) is 28.1 Å². The molecule has 5 aromatic rings. The molecular formula is C32H31BN2O2. The minimum atomic E-state index is -0.409. The normalized spacial score (nSPS) is 18.9. The molecule has 0 spiro atoms. The fourth-order valence-corrected chi connectivity index (χ4v) is 6.13. The maximum atomic E-state index is 6.38. The molecule has 2 aliphatic rings. The van der Waals surface area contributed by atoms with Crippen LogP contribution in [0.2, 0.25) is 0 Å². The fourth-order valence-electron chi connectivity index (χ4n) is 6.13. The van der Waals surface area contributed by atoms with E-state index in [1.54, 1.807) is 0 Å². The third kappa shape index (κ3) is 3.08. The molecule has 3 aromatic carbocycles. The lowest BCUT2D eigenvalue weighted by Gasteiger charge is -2.32. The van der Waals surface area contributed by atoms with Crippen LogP contribution in [0.25, 0.3) is 38.6 Å². The Morgan fingerprint density at radius 3 is 2.24 bits per heavy atom. The van der Waals surface area contributed by atoms with Gasteiger partial charge in [-0.15, -0.1) is 0 Å². The van der Waals surface area contributed by atoms with E-state index in [4.69, 9.17) is 9.31 Å². The third-order valence-electron chi connectivity index (χ3n) is 8.93. The summed E-state index contributed by atoms with van der Waals surface area (Å²) < 4.78 is 15.1. The summed E-state index contributed by atoms with van der Waals surface area (Å²) in [5, 5.41) is 2.46. The van der Waals surface area contributed by atoms with Gasteiger partial charge in [-0.25, -0.2) is 0 Å². The van der Waals surface area contributed by atoms with E-state index >= 15 is 0 Å². The Kier molecular flexibility index (Phi) is 4.51. The van der Waals surface area contributed by atoms with E-state index in [9.17, 15) is 0 Å². The van der Waals surface area contributed by atoms with Crippen LogP contribution in [0.15, 0.2) is 79.1 Å². The Balaban J connectivity index is 1.46. The van der Waals surface area contributed by atoms with Gasteiger partial charge in [-0.3, -0.25) is 4.98 Å². The van der Waals surface area contributed by atoms with Gasteiger partial charge in [0.1, 0.15) is 0 Å². The van der Waals surface area contributed by atoms with Crippen molar-refractivity contribution >= 4 is 34.4 Å². The molecule has 0 amide bonds. The van der Waals surface area contributed by atoms with Crippen molar-refractivity contribution in [1.29, 1.82) is 0 Å². The molecule has 0 unspecified atom stereocenters. The summed E-state index contributed by atoms with van der Waals surface area (Å²) in [6.07, 6.45) is 3.86. The lowest BCUT2D eigenvalue weighted by atomic mass is 9.79. The highest BCUT2D eigenvalue weighted by Gasteiger charge is 2.51. The van der Waals surface area contributed by atoms with Gasteiger partial charge in [0.25, 0.3) is 0 Å². The number of fused-ring (bicyclic) bond motifs is 6. The molecule has 184 valence electrons. The van der Waals surface area contributed by atoms with Gasteiger partial charge in [-0.1, -0.05) is 50.2 Å². The van der Waals surface area contributed by atoms with Crippen molar-refractivity contribution in [2.75, 3.05) is 0 Å². The Labute approximate surface area is 218 Å². The molecule has 1 aliphatic carbocycles. The van der Waals surface area contributed by atoms with Crippen LogP contribution in [0.3, 0.4) is 0 Å². The van der Waals surface area contributed by atoms with Gasteiger partial charge < -0.3 is 13.9 Å². The second-order valence-corrected chi connectivity index (χ2v) is 12.0. The Hall–Kier alpha value is -3.41. The monoisotopic (exact) mass is 486 g/mol. The molecule has 3 heterocycles. The third-order valence-corrected chi connectivity index (χ3v) is 8.93. The maximum absolute atomic E-state index is 6.38. The molecule has 0 atom stereocenters. The van der Waals surface area contributed by atoms with Gasteiger partial charge in [-0.2, -0.15) is 0 Å². The second kappa shape index (κ2) is 7.34. The van der Waals surface area contributed by atoms with Crippen molar-refractivity contribution in [3.63, 3.8) is 0 Å². The second-order valence-electron chi connectivity index (χ2n) is 12.0. The zero-order valence-electron chi connectivity index (χ0n) is 22.3. The first kappa shape index (κ1) is 22.8. The van der Waals surface area contributed by atoms with Crippen LogP contribution in [0.5, 0.6) is 0 Å². The first-order valence-electron chi connectivity index (χ1n) is 13.1. The van der Waals surface area contributed by atoms with Gasteiger partial charge in [0.05, 0.1) is 28.4 Å². The number of rotatable bonds is 2. The largest absolute Gasteiger partial charge is 0.494 e. The molecule has 0 bridgehead atoms. The molecular weight excluding hydrogens is 455 g/mol. The van der Waals surface area contributed by atoms with Crippen molar-refractivity contribution in [1.82, 2.24) is 9.55 Å². The van der Waals surface area contributed by atoms with Gasteiger partial charge >= 0.3 is 7.12 Å². The highest BCUT2D eigenvalue weighted by Crippen LogP contribution is 2.50. The molecule has 5 heteroatoms. The molecule has 1 aliphatic heterocycles. The van der Waals surface area contributed by atoms with E-state index in [1.807, 2.05) is 12.4 Å². The zero-order chi connectivity index (χ0) is 25.7. The van der Waals surface area contributed by atoms with Crippen LogP contribution in [0.4, 0.5) is 0 Å². The van der Waals surface area contributed by atoms with Crippen molar-refractivity contribution < 1.29 is 9.31 Å². The Morgan fingerprint density at radius 1 is 0.703 bits per heavy atom. The van der Waals surface area contributed by atoms with Crippen molar-refractivity contribution in [3.8, 4) is 16.8 Å². The molecule has 0 saturated carbocycles. The summed E-state index contributed by atoms with van der Waals surface area (Å²) >= 11 is 0. The average molecular weight is 486 g/mol. The number of nitrogens with zero attached hydrogens (tertiary/aromatic N) is 2. The summed E-state index contributed by atoms with van der Waals surface area (Å²) in [6, 6.07) is 24.3. The molecule has 1 fully saturated rings. The number of aromatic nitrogens is 2. The van der Waals surface area contributed by atoms with Crippen molar-refractivity contribution in [3.05, 3.63) is 90.3 Å². The first-order valence-corrected chi connectivity index (χ1v) is 13.1. The summed E-state index contributed by atoms with van der Waals surface area (Å²) in [5.74, 6) is 0. The van der Waals surface area contributed by atoms with Crippen molar-refractivity contribution in [2.45, 2.75) is 58.2 Å². The minimum Gasteiger partial charge on any atom is -0.399 e. The zero-order valence-corrected chi connectivity index (χ0v) is 22.3. The maximum Gasteiger partial charge on any atom is 0.494 e. The molecule has 7 rings (SSSR count). The molecule has 0 N–H and O–H groups in total. The van der Waals surface area contributed by atoms with Crippen LogP contribution in [0.1, 0.15) is 52.7 Å². The van der Waals surface area contributed by atoms with Gasteiger partial charge in [0.15, 0.2) is 0 Å². The smallest absolute Gasteiger partial charge is 0.399 e. The van der Waals surface area contributed by atoms with E-state index in [2.05, 4.69) is 118 Å². The summed E-state index contributed by atoms with van der Waals surface area (Å²) in [7, 11) is -0.409. The fraction of sp³-hybridized carbons (Fsp3) is 0.281. The Bertz CT molecular complexity index is 1710. The number of hydrogen-bond acceptors (Lipinski definition) is 3. The standard InChI is InChI=1S/C32H31BN2O2/c1-30(2)26-13-8-7-12-22(26)24-18-28-25(17-27(24)30)23-14-15-34-19-29(23)35(28)21-11-9-10-20(16-21)33-36-31(3,4)32(5,6)37-33/h7-19H,1-6H3. The lowest BCUT2D eigenvalue weighted by molar-refractivity contribution is 0.00578. The molecule has 37 heavy (non-hydrogen) atoms. The van der Waals surface area contributed by atoms with E-state index in [-0.39, 0.29) is 16.6 Å². The van der Waals surface area contributed by atoms with Crippen LogP contribution in [-0.2, 0) is 14.7 Å². The summed E-state index contributed by atoms with van der Waals surface area (Å²) in [5.41, 5.74) is 8.96. The molecule has 4 nitrogen and oxygen atoms in total. The van der Waals surface area contributed by atoms with E-state index in [1.165, 1.54) is 38.5 Å². The SMILES string of the molecule is CC1(C)c2ccccc2-c2cc3c(cc21)c1ccncc1n3-c1cccc(B2OC(C)(C)C(C)(C)O2)c1. The number of pyridine rings is 1. The summed E-state index contributed by atoms with van der Waals surface area (Å²) in [6.45, 7) is 13.0. The number of benzene rings is 3. The number of hydrogen-bond donors (Lipinski definition) is 0. The van der Waals surface area contributed by atoms with Crippen LogP contribution >= 0.6 is 0 Å². The molecule has 2 aromatic heterocycles. The van der Waals surface area contributed by atoms with Crippen molar-refractivity contribution in [2.24, 2.45) is 0 Å². The van der Waals surface area contributed by atoms with Crippen LogP contribution < -0.4 is 5.46 Å². The van der Waals surface area contributed by atoms with E-state index < -0.39 is 7.12 Å².